The van der Waals surface area contributed by atoms with E-state index in [9.17, 15) is 5.11 Å². The van der Waals surface area contributed by atoms with Crippen LogP contribution in [0.25, 0.3) is 0 Å². The Bertz CT molecular complexity index is 132. The predicted molar refractivity (Wildman–Crippen MR) is 63.6 cm³/mol. The van der Waals surface area contributed by atoms with Crippen molar-refractivity contribution in [3.8, 4) is 0 Å². The first-order valence-electron chi connectivity index (χ1n) is 6.34. The maximum Gasteiger partial charge on any atom is 0.0822 e. The topological polar surface area (TPSA) is 29.1 Å². The Morgan fingerprint density at radius 2 is 1.60 bits per heavy atom. The molecule has 0 fully saturated rings. The minimum Gasteiger partial charge on any atom is -0.376 e. The van der Waals surface area contributed by atoms with Gasteiger partial charge in [0.25, 0.3) is 0 Å². The van der Waals surface area contributed by atoms with E-state index in [1.54, 1.807) is 0 Å². The highest BCUT2D eigenvalue weighted by Crippen LogP contribution is 2.17. The molecule has 0 saturated carbocycles. The maximum atomic E-state index is 10.2. The van der Waals surface area contributed by atoms with Gasteiger partial charge in [-0.25, -0.2) is 5.11 Å². The molecule has 15 heavy (non-hydrogen) atoms. The summed E-state index contributed by atoms with van der Waals surface area (Å²) in [7, 11) is 0. The van der Waals surface area contributed by atoms with Crippen molar-refractivity contribution < 1.29 is 9.84 Å². The van der Waals surface area contributed by atoms with Crippen molar-refractivity contribution in [2.45, 2.75) is 71.3 Å². The quantitative estimate of drug-likeness (QED) is 0.507. The zero-order chi connectivity index (χ0) is 11.6. The first-order valence-corrected chi connectivity index (χ1v) is 6.34. The van der Waals surface area contributed by atoms with Gasteiger partial charge < -0.3 is 4.74 Å². The van der Waals surface area contributed by atoms with Crippen LogP contribution < -0.4 is 0 Å². The van der Waals surface area contributed by atoms with Gasteiger partial charge in [-0.15, -0.1) is 0 Å². The van der Waals surface area contributed by atoms with E-state index in [1.807, 2.05) is 0 Å². The fraction of sp³-hybridized carbons (Fsp3) is 1.00. The second-order valence-electron chi connectivity index (χ2n) is 4.83. The highest BCUT2D eigenvalue weighted by Gasteiger charge is 2.15. The van der Waals surface area contributed by atoms with E-state index in [2.05, 4.69) is 20.8 Å². The largest absolute Gasteiger partial charge is 0.376 e. The van der Waals surface area contributed by atoms with E-state index in [0.29, 0.717) is 0 Å². The molecule has 0 aliphatic carbocycles. The summed E-state index contributed by atoms with van der Waals surface area (Å²) in [6.45, 7) is 7.46. The lowest BCUT2D eigenvalue weighted by Gasteiger charge is -2.24. The highest BCUT2D eigenvalue weighted by molar-refractivity contribution is 4.66. The van der Waals surface area contributed by atoms with Gasteiger partial charge in [-0.3, -0.25) is 0 Å². The average Bonchev–Trinajstić information content (AvgIpc) is 2.16. The molecule has 0 N–H and O–H groups in total. The van der Waals surface area contributed by atoms with Crippen LogP contribution in [0.3, 0.4) is 0 Å². The van der Waals surface area contributed by atoms with E-state index >= 15 is 0 Å². The van der Waals surface area contributed by atoms with Gasteiger partial charge in [-0.05, 0) is 33.1 Å². The molecule has 0 spiro atoms. The molecule has 0 aromatic rings. The molecule has 0 bridgehead atoms. The minimum absolute atomic E-state index is 0.0454. The monoisotopic (exact) mass is 215 g/mol. The standard InChI is InChI=1S/C13H27O2/c1-4-10-13(2,3)15-12-9-7-5-6-8-11-14/h4-12H2,1-3H3. The fourth-order valence-corrected chi connectivity index (χ4v) is 1.76. The van der Waals surface area contributed by atoms with Crippen LogP contribution in [0.5, 0.6) is 0 Å². The van der Waals surface area contributed by atoms with E-state index in [1.165, 1.54) is 19.3 Å². The number of hydrogen-bond acceptors (Lipinski definition) is 1. The molecule has 2 heteroatoms. The Labute approximate surface area is 95.0 Å². The number of hydrogen-bond donors (Lipinski definition) is 0. The zero-order valence-electron chi connectivity index (χ0n) is 10.7. The molecular formula is C13H27O2. The molecule has 2 nitrogen and oxygen atoms in total. The van der Waals surface area contributed by atoms with Crippen molar-refractivity contribution in [1.82, 2.24) is 0 Å². The van der Waals surface area contributed by atoms with Crippen LogP contribution in [-0.4, -0.2) is 18.8 Å². The smallest absolute Gasteiger partial charge is 0.0822 e. The Morgan fingerprint density at radius 1 is 1.00 bits per heavy atom. The molecule has 0 aromatic heterocycles. The van der Waals surface area contributed by atoms with Crippen LogP contribution in [0.2, 0.25) is 0 Å². The van der Waals surface area contributed by atoms with Gasteiger partial charge in [0.1, 0.15) is 0 Å². The lowest BCUT2D eigenvalue weighted by Crippen LogP contribution is -2.24. The lowest BCUT2D eigenvalue weighted by molar-refractivity contribution is -0.0255. The van der Waals surface area contributed by atoms with Crippen LogP contribution in [0, 0.1) is 0 Å². The molecule has 0 unspecified atom stereocenters. The maximum absolute atomic E-state index is 10.2. The van der Waals surface area contributed by atoms with Gasteiger partial charge >= 0.3 is 0 Å². The second-order valence-corrected chi connectivity index (χ2v) is 4.83. The number of ether oxygens (including phenoxy) is 1. The van der Waals surface area contributed by atoms with Gasteiger partial charge in [-0.2, -0.15) is 0 Å². The van der Waals surface area contributed by atoms with Crippen LogP contribution in [0.4, 0.5) is 0 Å². The first-order chi connectivity index (χ1) is 7.12. The SMILES string of the molecule is CCCC(C)(C)OCCCCCCC[O]. The van der Waals surface area contributed by atoms with Crippen LogP contribution in [0.15, 0.2) is 0 Å². The molecule has 0 amide bonds. The summed E-state index contributed by atoms with van der Waals surface area (Å²) in [5.74, 6) is 0. The van der Waals surface area contributed by atoms with Gasteiger partial charge in [-0.1, -0.05) is 32.6 Å². The van der Waals surface area contributed by atoms with Gasteiger partial charge in [0.2, 0.25) is 0 Å². The summed E-state index contributed by atoms with van der Waals surface area (Å²) in [5, 5.41) is 10.2. The molecule has 0 rings (SSSR count). The van der Waals surface area contributed by atoms with E-state index in [4.69, 9.17) is 4.74 Å². The molecule has 0 aromatic carbocycles. The second kappa shape index (κ2) is 9.17. The Morgan fingerprint density at radius 3 is 2.20 bits per heavy atom. The van der Waals surface area contributed by atoms with Crippen molar-refractivity contribution in [2.24, 2.45) is 0 Å². The van der Waals surface area contributed by atoms with Crippen molar-refractivity contribution in [2.75, 3.05) is 13.2 Å². The van der Waals surface area contributed by atoms with E-state index < -0.39 is 0 Å². The molecule has 0 aliphatic heterocycles. The number of rotatable bonds is 10. The average molecular weight is 215 g/mol. The van der Waals surface area contributed by atoms with Crippen LogP contribution in [0.1, 0.15) is 65.7 Å². The van der Waals surface area contributed by atoms with E-state index in [0.717, 1.165) is 32.3 Å². The molecule has 0 saturated heterocycles. The van der Waals surface area contributed by atoms with Crippen LogP contribution in [-0.2, 0) is 9.84 Å². The summed E-state index contributed by atoms with van der Waals surface area (Å²) in [5.41, 5.74) is 0.0454. The third-order valence-electron chi connectivity index (χ3n) is 2.63. The Balaban J connectivity index is 3.22. The minimum atomic E-state index is 0.0454. The third-order valence-corrected chi connectivity index (χ3v) is 2.63. The van der Waals surface area contributed by atoms with Crippen molar-refractivity contribution in [3.63, 3.8) is 0 Å². The molecule has 0 heterocycles. The molecule has 1 radical (unpaired) electrons. The van der Waals surface area contributed by atoms with Crippen LogP contribution >= 0.6 is 0 Å². The summed E-state index contributed by atoms with van der Waals surface area (Å²) in [6, 6.07) is 0. The third kappa shape index (κ3) is 10.2. The van der Waals surface area contributed by atoms with Crippen molar-refractivity contribution >= 4 is 0 Å². The van der Waals surface area contributed by atoms with Crippen molar-refractivity contribution in [1.29, 1.82) is 0 Å². The van der Waals surface area contributed by atoms with Crippen molar-refractivity contribution in [3.05, 3.63) is 0 Å². The summed E-state index contributed by atoms with van der Waals surface area (Å²) < 4.78 is 5.81. The fourth-order valence-electron chi connectivity index (χ4n) is 1.76. The molecule has 0 aliphatic rings. The van der Waals surface area contributed by atoms with Gasteiger partial charge in [0.05, 0.1) is 12.2 Å². The lowest BCUT2D eigenvalue weighted by atomic mass is 10.0. The summed E-state index contributed by atoms with van der Waals surface area (Å²) >= 11 is 0. The molecule has 91 valence electrons. The number of unbranched alkanes of at least 4 members (excludes halogenated alkanes) is 4. The van der Waals surface area contributed by atoms with Gasteiger partial charge in [0, 0.05) is 6.61 Å². The van der Waals surface area contributed by atoms with E-state index in [-0.39, 0.29) is 12.2 Å². The zero-order valence-corrected chi connectivity index (χ0v) is 10.7. The Kier molecular flexibility index (Phi) is 9.12. The normalized spacial score (nSPS) is 12.0. The first kappa shape index (κ1) is 14.9. The van der Waals surface area contributed by atoms with Gasteiger partial charge in [0.15, 0.2) is 0 Å². The molecular weight excluding hydrogens is 188 g/mol. The summed E-state index contributed by atoms with van der Waals surface area (Å²) in [6.07, 6.45) is 7.73. The highest BCUT2D eigenvalue weighted by atomic mass is 16.5. The predicted octanol–water partition coefficient (Wildman–Crippen LogP) is 3.96. The summed E-state index contributed by atoms with van der Waals surface area (Å²) in [4.78, 5) is 0. The molecule has 0 atom stereocenters. The Hall–Kier alpha value is -0.0800.